The molecule has 3 saturated heterocycles. The Bertz CT molecular complexity index is 805. The Hall–Kier alpha value is -1.13. The molecule has 0 aromatic heterocycles. The van der Waals surface area contributed by atoms with E-state index in [2.05, 4.69) is 56.1 Å². The van der Waals surface area contributed by atoms with E-state index in [-0.39, 0.29) is 5.41 Å². The van der Waals surface area contributed by atoms with Crippen molar-refractivity contribution in [2.24, 2.45) is 11.8 Å². The van der Waals surface area contributed by atoms with Crippen molar-refractivity contribution in [3.8, 4) is 0 Å². The molecule has 5 atom stereocenters. The maximum absolute atomic E-state index is 13.0. The van der Waals surface area contributed by atoms with E-state index in [0.29, 0.717) is 29.8 Å². The van der Waals surface area contributed by atoms with Crippen LogP contribution in [0.3, 0.4) is 0 Å². The Balaban J connectivity index is 1.60. The monoisotopic (exact) mass is 398 g/mol. The van der Waals surface area contributed by atoms with Crippen LogP contribution in [0.4, 0.5) is 5.69 Å². The molecular weight excluding hydrogens is 376 g/mol. The van der Waals surface area contributed by atoms with Gasteiger partial charge in [0.05, 0.1) is 6.04 Å². The molecule has 5 aliphatic rings. The van der Waals surface area contributed by atoms with Gasteiger partial charge < -0.3 is 4.90 Å². The van der Waals surface area contributed by atoms with Gasteiger partial charge in [0.1, 0.15) is 0 Å². The number of amides is 1. The summed E-state index contributed by atoms with van der Waals surface area (Å²) in [6, 6.07) is 9.82. The van der Waals surface area contributed by atoms with Gasteiger partial charge in [-0.05, 0) is 49.3 Å². The van der Waals surface area contributed by atoms with Crippen LogP contribution < -0.4 is 4.90 Å². The minimum atomic E-state index is 0.188. The first kappa shape index (κ1) is 15.0. The Morgan fingerprint density at radius 1 is 1.32 bits per heavy atom. The topological polar surface area (TPSA) is 23.6 Å². The maximum atomic E-state index is 13.0. The summed E-state index contributed by atoms with van der Waals surface area (Å²) in [5, 5.41) is 0.947. The van der Waals surface area contributed by atoms with Gasteiger partial charge in [0.25, 0.3) is 0 Å². The van der Waals surface area contributed by atoms with E-state index in [9.17, 15) is 4.79 Å². The van der Waals surface area contributed by atoms with E-state index < -0.39 is 0 Å². The van der Waals surface area contributed by atoms with Gasteiger partial charge in [-0.2, -0.15) is 0 Å². The van der Waals surface area contributed by atoms with Crippen LogP contribution >= 0.6 is 15.9 Å². The van der Waals surface area contributed by atoms with Gasteiger partial charge in [-0.15, -0.1) is 0 Å². The molecule has 4 heteroatoms. The fraction of sp³-hybridized carbons (Fsp3) is 0.571. The fourth-order valence-corrected chi connectivity index (χ4v) is 7.58. The molecule has 1 amide bonds. The van der Waals surface area contributed by atoms with Crippen LogP contribution in [0.25, 0.3) is 0 Å². The molecule has 4 heterocycles. The largest absolute Gasteiger partial charge is 0.308 e. The van der Waals surface area contributed by atoms with E-state index in [1.165, 1.54) is 30.6 Å². The molecule has 25 heavy (non-hydrogen) atoms. The normalized spacial score (nSPS) is 42.7. The molecule has 3 nitrogen and oxygen atoms in total. The summed E-state index contributed by atoms with van der Waals surface area (Å²) in [6.45, 7) is 2.32. The third-order valence-electron chi connectivity index (χ3n) is 7.88. The van der Waals surface area contributed by atoms with E-state index in [4.69, 9.17) is 0 Å². The number of alkyl halides is 1. The van der Waals surface area contributed by atoms with E-state index in [1.54, 1.807) is 5.57 Å². The van der Waals surface area contributed by atoms with E-state index >= 15 is 0 Å². The molecule has 4 aliphatic heterocycles. The predicted octanol–water partition coefficient (Wildman–Crippen LogP) is 3.48. The first-order valence-electron chi connectivity index (χ1n) is 9.66. The molecule has 0 unspecified atom stereocenters. The Labute approximate surface area is 157 Å². The molecule has 0 radical (unpaired) electrons. The number of carbonyl (C=O) groups excluding carboxylic acids is 1. The Morgan fingerprint density at radius 3 is 3.08 bits per heavy atom. The molecule has 1 spiro atoms. The number of hydrogen-bond donors (Lipinski definition) is 0. The van der Waals surface area contributed by atoms with Crippen LogP contribution in [0.1, 0.15) is 31.2 Å². The van der Waals surface area contributed by atoms with Crippen molar-refractivity contribution in [2.45, 2.75) is 43.2 Å². The van der Waals surface area contributed by atoms with Crippen LogP contribution in [0, 0.1) is 11.8 Å². The maximum Gasteiger partial charge on any atom is 0.227 e. The highest BCUT2D eigenvalue weighted by Gasteiger charge is 2.68. The molecule has 6 rings (SSSR count). The number of nitrogens with zero attached hydrogens (tertiary/aromatic N) is 2. The number of anilines is 1. The summed E-state index contributed by atoms with van der Waals surface area (Å²) in [5.74, 6) is 1.65. The minimum Gasteiger partial charge on any atom is -0.308 e. The SMILES string of the molecule is O=C1CC[C@H]2[C@@H]3N1c1ccccc1[C@@]31CCN3C/C(=C/CBr)[C@@H]2C[C@H]31. The molecule has 130 valence electrons. The van der Waals surface area contributed by atoms with Crippen LogP contribution in [-0.2, 0) is 10.2 Å². The van der Waals surface area contributed by atoms with Crippen LogP contribution in [0.2, 0.25) is 0 Å². The number of hydrogen-bond acceptors (Lipinski definition) is 2. The summed E-state index contributed by atoms with van der Waals surface area (Å²) in [4.78, 5) is 17.9. The van der Waals surface area contributed by atoms with Crippen molar-refractivity contribution in [3.05, 3.63) is 41.5 Å². The molecule has 0 N–H and O–H groups in total. The number of benzene rings is 1. The summed E-state index contributed by atoms with van der Waals surface area (Å²) >= 11 is 3.62. The van der Waals surface area contributed by atoms with Gasteiger partial charge in [-0.3, -0.25) is 9.69 Å². The molecule has 1 aliphatic carbocycles. The lowest BCUT2D eigenvalue weighted by atomic mass is 9.54. The fourth-order valence-electron chi connectivity index (χ4n) is 7.16. The number of carbonyl (C=O) groups is 1. The summed E-state index contributed by atoms with van der Waals surface area (Å²) in [7, 11) is 0. The lowest BCUT2D eigenvalue weighted by Crippen LogP contribution is -2.66. The van der Waals surface area contributed by atoms with E-state index in [1.807, 2.05) is 0 Å². The summed E-state index contributed by atoms with van der Waals surface area (Å²) < 4.78 is 0. The number of rotatable bonds is 1. The third-order valence-corrected chi connectivity index (χ3v) is 8.20. The van der Waals surface area contributed by atoms with Crippen LogP contribution in [0.15, 0.2) is 35.9 Å². The molecule has 1 aromatic rings. The lowest BCUT2D eigenvalue weighted by molar-refractivity contribution is -0.123. The molecule has 1 saturated carbocycles. The first-order chi connectivity index (χ1) is 12.3. The van der Waals surface area contributed by atoms with Gasteiger partial charge >= 0.3 is 0 Å². The van der Waals surface area contributed by atoms with Crippen molar-refractivity contribution >= 4 is 27.5 Å². The highest BCUT2D eigenvalue weighted by atomic mass is 79.9. The lowest BCUT2D eigenvalue weighted by Gasteiger charge is -2.57. The van der Waals surface area contributed by atoms with Crippen molar-refractivity contribution < 1.29 is 4.79 Å². The quantitative estimate of drug-likeness (QED) is 0.533. The van der Waals surface area contributed by atoms with Crippen molar-refractivity contribution in [1.82, 2.24) is 4.90 Å². The molecule has 2 bridgehead atoms. The van der Waals surface area contributed by atoms with Crippen molar-refractivity contribution in [3.63, 3.8) is 0 Å². The highest BCUT2D eigenvalue weighted by molar-refractivity contribution is 9.09. The number of allylic oxidation sites excluding steroid dienone is 1. The number of para-hydroxylation sites is 1. The second-order valence-electron chi connectivity index (χ2n) is 8.48. The highest BCUT2D eigenvalue weighted by Crippen LogP contribution is 2.64. The number of piperidine rings is 2. The van der Waals surface area contributed by atoms with Gasteiger partial charge in [0.2, 0.25) is 5.91 Å². The third kappa shape index (κ3) is 1.64. The van der Waals surface area contributed by atoms with Crippen molar-refractivity contribution in [1.29, 1.82) is 0 Å². The molecule has 4 fully saturated rings. The summed E-state index contributed by atoms with van der Waals surface area (Å²) in [6.07, 6.45) is 6.71. The number of fused-ring (bicyclic) bond motifs is 4. The predicted molar refractivity (Wildman–Crippen MR) is 102 cm³/mol. The standard InChI is InChI=1S/C21H23BrN2O/c22-9-7-13-12-23-10-8-21-16-3-1-2-4-17(16)24-19(25)6-5-14(20(21)24)15(13)11-18(21)23/h1-4,7,14-15,18,20H,5-6,8-12H2/b13-7-/t14-,15+,18+,20+,21-/m1/s1. The Kier molecular flexibility index (Phi) is 2.98. The van der Waals surface area contributed by atoms with Gasteiger partial charge in [0, 0.05) is 35.4 Å². The smallest absolute Gasteiger partial charge is 0.227 e. The molecular formula is C21H23BrN2O. The zero-order valence-electron chi connectivity index (χ0n) is 14.3. The first-order valence-corrected chi connectivity index (χ1v) is 10.8. The molecule has 1 aromatic carbocycles. The van der Waals surface area contributed by atoms with Crippen LogP contribution in [0.5, 0.6) is 0 Å². The second kappa shape index (κ2) is 4.98. The van der Waals surface area contributed by atoms with E-state index in [0.717, 1.165) is 24.7 Å². The minimum absolute atomic E-state index is 0.188. The zero-order chi connectivity index (χ0) is 16.8. The average molecular weight is 399 g/mol. The second-order valence-corrected chi connectivity index (χ2v) is 9.13. The summed E-state index contributed by atoms with van der Waals surface area (Å²) in [5.41, 5.74) is 4.51. The van der Waals surface area contributed by atoms with Crippen molar-refractivity contribution in [2.75, 3.05) is 23.3 Å². The average Bonchev–Trinajstić information content (AvgIpc) is 3.17. The van der Waals surface area contributed by atoms with Gasteiger partial charge in [-0.1, -0.05) is 45.8 Å². The van der Waals surface area contributed by atoms with Gasteiger partial charge in [-0.25, -0.2) is 0 Å². The zero-order valence-corrected chi connectivity index (χ0v) is 15.9. The number of halogens is 1. The van der Waals surface area contributed by atoms with Crippen LogP contribution in [-0.4, -0.2) is 41.3 Å². The Morgan fingerprint density at radius 2 is 2.20 bits per heavy atom. The van der Waals surface area contributed by atoms with Gasteiger partial charge in [0.15, 0.2) is 0 Å².